The first kappa shape index (κ1) is 19.5. The number of hydrogen-bond donors (Lipinski definition) is 1. The molecule has 0 bridgehead atoms. The lowest BCUT2D eigenvalue weighted by Gasteiger charge is -2.44. The summed E-state index contributed by atoms with van der Waals surface area (Å²) in [6.07, 6.45) is 3.28. The molecular weight excluding hydrogens is 362 g/mol. The van der Waals surface area contributed by atoms with Gasteiger partial charge in [-0.15, -0.1) is 0 Å². The van der Waals surface area contributed by atoms with E-state index in [1.54, 1.807) is 4.90 Å². The average molecular weight is 392 g/mol. The van der Waals surface area contributed by atoms with Gasteiger partial charge in [-0.2, -0.15) is 0 Å². The van der Waals surface area contributed by atoms with Crippen LogP contribution in [0.1, 0.15) is 42.4 Å². The van der Waals surface area contributed by atoms with Crippen molar-refractivity contribution in [1.29, 1.82) is 0 Å². The monoisotopic (exact) mass is 391 g/mol. The summed E-state index contributed by atoms with van der Waals surface area (Å²) in [5.41, 5.74) is 3.38. The summed E-state index contributed by atoms with van der Waals surface area (Å²) in [4.78, 5) is 30.5. The fourth-order valence-electron chi connectivity index (χ4n) is 4.73. The van der Waals surface area contributed by atoms with Gasteiger partial charge in [-0.3, -0.25) is 4.79 Å². The van der Waals surface area contributed by atoms with Crippen molar-refractivity contribution < 1.29 is 9.59 Å². The van der Waals surface area contributed by atoms with Crippen LogP contribution in [0.4, 0.5) is 10.5 Å². The van der Waals surface area contributed by atoms with Crippen LogP contribution in [0.25, 0.3) is 0 Å². The highest BCUT2D eigenvalue weighted by Crippen LogP contribution is 2.39. The first-order chi connectivity index (χ1) is 14.0. The van der Waals surface area contributed by atoms with Gasteiger partial charge in [-0.1, -0.05) is 42.5 Å². The van der Waals surface area contributed by atoms with E-state index in [0.29, 0.717) is 13.1 Å². The van der Waals surface area contributed by atoms with Crippen LogP contribution < -0.4 is 5.32 Å². The van der Waals surface area contributed by atoms with E-state index in [2.05, 4.69) is 5.32 Å². The molecule has 152 valence electrons. The highest BCUT2D eigenvalue weighted by atomic mass is 16.2. The Morgan fingerprint density at radius 3 is 2.52 bits per heavy atom. The van der Waals surface area contributed by atoms with Crippen molar-refractivity contribution in [2.24, 2.45) is 0 Å². The van der Waals surface area contributed by atoms with Gasteiger partial charge in [-0.05, 0) is 62.3 Å². The number of piperidine rings is 1. The van der Waals surface area contributed by atoms with Crippen molar-refractivity contribution in [2.45, 2.75) is 51.6 Å². The number of benzene rings is 2. The number of likely N-dealkylation sites (tertiary alicyclic amines) is 2. The van der Waals surface area contributed by atoms with Crippen molar-refractivity contribution >= 4 is 17.6 Å². The van der Waals surface area contributed by atoms with E-state index < -0.39 is 5.54 Å². The van der Waals surface area contributed by atoms with Gasteiger partial charge in [0.1, 0.15) is 5.54 Å². The maximum atomic E-state index is 13.5. The van der Waals surface area contributed by atoms with Gasteiger partial charge < -0.3 is 15.1 Å². The second-order valence-electron chi connectivity index (χ2n) is 8.35. The number of rotatable bonds is 3. The van der Waals surface area contributed by atoms with Gasteiger partial charge in [0.25, 0.3) is 0 Å². The van der Waals surface area contributed by atoms with Crippen LogP contribution in [0.3, 0.4) is 0 Å². The minimum Gasteiger partial charge on any atom is -0.336 e. The summed E-state index contributed by atoms with van der Waals surface area (Å²) in [5.74, 6) is 0.0983. The zero-order valence-electron chi connectivity index (χ0n) is 17.3. The van der Waals surface area contributed by atoms with Gasteiger partial charge in [-0.25, -0.2) is 4.79 Å². The molecule has 1 N–H and O–H groups in total. The van der Waals surface area contributed by atoms with Gasteiger partial charge in [0, 0.05) is 25.3 Å². The Kier molecular flexibility index (Phi) is 5.31. The SMILES string of the molecule is Cc1ccc(C)c(NC(=O)N2CCCC23CCCN(Cc2ccccc2)C3=O)c1. The maximum absolute atomic E-state index is 13.5. The van der Waals surface area contributed by atoms with Crippen molar-refractivity contribution in [2.75, 3.05) is 18.4 Å². The second kappa shape index (κ2) is 7.90. The van der Waals surface area contributed by atoms with Gasteiger partial charge >= 0.3 is 6.03 Å². The molecule has 0 radical (unpaired) electrons. The molecular formula is C24H29N3O2. The Morgan fingerprint density at radius 2 is 1.76 bits per heavy atom. The lowest BCUT2D eigenvalue weighted by atomic mass is 9.85. The first-order valence-corrected chi connectivity index (χ1v) is 10.5. The molecule has 5 nitrogen and oxygen atoms in total. The standard InChI is InChI=1S/C24H29N3O2/c1-18-10-11-19(2)21(16-18)25-23(29)27-15-7-13-24(27)12-6-14-26(22(24)28)17-20-8-4-3-5-9-20/h3-5,8-11,16H,6-7,12-15,17H2,1-2H3,(H,25,29). The number of aryl methyl sites for hydroxylation is 2. The third-order valence-corrected chi connectivity index (χ3v) is 6.29. The molecule has 0 aliphatic carbocycles. The second-order valence-corrected chi connectivity index (χ2v) is 8.35. The van der Waals surface area contributed by atoms with E-state index in [0.717, 1.165) is 54.6 Å². The molecule has 2 aromatic rings. The van der Waals surface area contributed by atoms with Crippen LogP contribution in [0, 0.1) is 13.8 Å². The topological polar surface area (TPSA) is 52.7 Å². The number of carbonyl (C=O) groups is 2. The van der Waals surface area contributed by atoms with Crippen molar-refractivity contribution in [1.82, 2.24) is 9.80 Å². The van der Waals surface area contributed by atoms with E-state index in [4.69, 9.17) is 0 Å². The summed E-state index contributed by atoms with van der Waals surface area (Å²) in [7, 11) is 0. The summed E-state index contributed by atoms with van der Waals surface area (Å²) < 4.78 is 0. The molecule has 0 aromatic heterocycles. The Morgan fingerprint density at radius 1 is 1.03 bits per heavy atom. The third-order valence-electron chi connectivity index (χ3n) is 6.29. The van der Waals surface area contributed by atoms with Crippen LogP contribution in [-0.2, 0) is 11.3 Å². The molecule has 1 atom stereocenters. The Balaban J connectivity index is 1.54. The number of nitrogens with zero attached hydrogens (tertiary/aromatic N) is 2. The van der Waals surface area contributed by atoms with E-state index in [1.807, 2.05) is 67.3 Å². The van der Waals surface area contributed by atoms with Crippen LogP contribution in [0.15, 0.2) is 48.5 Å². The molecule has 2 fully saturated rings. The number of nitrogens with one attached hydrogen (secondary N) is 1. The van der Waals surface area contributed by atoms with Crippen LogP contribution in [0.5, 0.6) is 0 Å². The van der Waals surface area contributed by atoms with E-state index in [1.165, 1.54) is 0 Å². The smallest absolute Gasteiger partial charge is 0.322 e. The average Bonchev–Trinajstić information content (AvgIpc) is 3.14. The minimum atomic E-state index is -0.700. The van der Waals surface area contributed by atoms with Crippen LogP contribution in [-0.4, -0.2) is 40.4 Å². The molecule has 3 amide bonds. The number of carbonyl (C=O) groups excluding carboxylic acids is 2. The number of amides is 3. The summed E-state index contributed by atoms with van der Waals surface area (Å²) in [6.45, 7) is 5.98. The van der Waals surface area contributed by atoms with E-state index >= 15 is 0 Å². The molecule has 2 aliphatic rings. The molecule has 29 heavy (non-hydrogen) atoms. The number of hydrogen-bond acceptors (Lipinski definition) is 2. The van der Waals surface area contributed by atoms with E-state index in [9.17, 15) is 9.59 Å². The Hall–Kier alpha value is -2.82. The fraction of sp³-hybridized carbons (Fsp3) is 0.417. The normalized spacial score (nSPS) is 21.7. The molecule has 2 aromatic carbocycles. The Bertz CT molecular complexity index is 912. The van der Waals surface area contributed by atoms with Gasteiger partial charge in [0.2, 0.25) is 5.91 Å². The predicted octanol–water partition coefficient (Wildman–Crippen LogP) is 4.49. The summed E-state index contributed by atoms with van der Waals surface area (Å²) in [6, 6.07) is 16.0. The van der Waals surface area contributed by atoms with Crippen molar-refractivity contribution in [3.63, 3.8) is 0 Å². The highest BCUT2D eigenvalue weighted by molar-refractivity contribution is 5.97. The molecule has 2 saturated heterocycles. The zero-order chi connectivity index (χ0) is 20.4. The molecule has 4 rings (SSSR count). The molecule has 1 unspecified atom stereocenters. The molecule has 2 heterocycles. The Labute approximate surface area is 172 Å². The van der Waals surface area contributed by atoms with Crippen molar-refractivity contribution in [3.8, 4) is 0 Å². The van der Waals surface area contributed by atoms with Crippen LogP contribution in [0.2, 0.25) is 0 Å². The molecule has 1 spiro atoms. The minimum absolute atomic E-state index is 0.0983. The summed E-state index contributed by atoms with van der Waals surface area (Å²) >= 11 is 0. The predicted molar refractivity (Wildman–Crippen MR) is 115 cm³/mol. The lowest BCUT2D eigenvalue weighted by Crippen LogP contribution is -2.61. The molecule has 2 aliphatic heterocycles. The van der Waals surface area contributed by atoms with Gasteiger partial charge in [0.15, 0.2) is 0 Å². The first-order valence-electron chi connectivity index (χ1n) is 10.5. The summed E-state index contributed by atoms with van der Waals surface area (Å²) in [5, 5.41) is 3.07. The zero-order valence-corrected chi connectivity index (χ0v) is 17.3. The largest absolute Gasteiger partial charge is 0.336 e. The van der Waals surface area contributed by atoms with Crippen molar-refractivity contribution in [3.05, 3.63) is 65.2 Å². The van der Waals surface area contributed by atoms with Crippen LogP contribution >= 0.6 is 0 Å². The number of urea groups is 1. The maximum Gasteiger partial charge on any atom is 0.322 e. The quantitative estimate of drug-likeness (QED) is 0.838. The number of anilines is 1. The van der Waals surface area contributed by atoms with E-state index in [-0.39, 0.29) is 11.9 Å². The third kappa shape index (κ3) is 3.74. The fourth-order valence-corrected chi connectivity index (χ4v) is 4.73. The highest BCUT2D eigenvalue weighted by Gasteiger charge is 2.52. The lowest BCUT2D eigenvalue weighted by molar-refractivity contribution is -0.146. The van der Waals surface area contributed by atoms with Gasteiger partial charge in [0.05, 0.1) is 0 Å². The molecule has 0 saturated carbocycles. The molecule has 5 heteroatoms.